The average molecular weight is 284 g/mol. The van der Waals surface area contributed by atoms with Gasteiger partial charge in [0.1, 0.15) is 12.1 Å². The molecule has 0 bridgehead atoms. The average Bonchev–Trinajstić information content (AvgIpc) is 2.83. The molecule has 1 aromatic rings. The molecule has 7 nitrogen and oxygen atoms in total. The van der Waals surface area contributed by atoms with Crippen LogP contribution >= 0.6 is 11.8 Å². The zero-order valence-corrected chi connectivity index (χ0v) is 11.3. The molecule has 0 aliphatic carbocycles. The van der Waals surface area contributed by atoms with Gasteiger partial charge in [-0.3, -0.25) is 9.48 Å². The van der Waals surface area contributed by atoms with Gasteiger partial charge in [0, 0.05) is 36.9 Å². The van der Waals surface area contributed by atoms with Crippen LogP contribution < -0.4 is 5.73 Å². The summed E-state index contributed by atoms with van der Waals surface area (Å²) in [6, 6.07) is -1.66. The summed E-state index contributed by atoms with van der Waals surface area (Å²) in [5, 5.41) is 13.1. The SMILES string of the molecule is Cn1cc(C(N)C(=O)N2CCSCC2C(=O)O)cn1. The second kappa shape index (κ2) is 5.62. The number of carboxylic acid groups (broad SMARTS) is 1. The van der Waals surface area contributed by atoms with Crippen molar-refractivity contribution in [3.05, 3.63) is 18.0 Å². The zero-order chi connectivity index (χ0) is 14.0. The molecule has 3 N–H and O–H groups in total. The Balaban J connectivity index is 2.15. The van der Waals surface area contributed by atoms with E-state index < -0.39 is 18.1 Å². The molecule has 0 spiro atoms. The first-order valence-corrected chi connectivity index (χ1v) is 7.01. The van der Waals surface area contributed by atoms with Gasteiger partial charge in [-0.05, 0) is 0 Å². The van der Waals surface area contributed by atoms with Crippen molar-refractivity contribution in [2.45, 2.75) is 12.1 Å². The van der Waals surface area contributed by atoms with E-state index in [9.17, 15) is 9.59 Å². The van der Waals surface area contributed by atoms with E-state index in [1.54, 1.807) is 17.9 Å². The van der Waals surface area contributed by atoms with Crippen LogP contribution in [-0.2, 0) is 16.6 Å². The number of rotatable bonds is 3. The highest BCUT2D eigenvalue weighted by Crippen LogP contribution is 2.21. The summed E-state index contributed by atoms with van der Waals surface area (Å²) in [6.45, 7) is 0.411. The maximum Gasteiger partial charge on any atom is 0.327 e. The Bertz CT molecular complexity index is 490. The lowest BCUT2D eigenvalue weighted by molar-refractivity contribution is -0.149. The first-order valence-electron chi connectivity index (χ1n) is 5.86. The highest BCUT2D eigenvalue weighted by Gasteiger charge is 2.35. The van der Waals surface area contributed by atoms with Crippen molar-refractivity contribution in [3.8, 4) is 0 Å². The van der Waals surface area contributed by atoms with E-state index in [1.165, 1.54) is 22.9 Å². The molecule has 1 aliphatic heterocycles. The number of carbonyl (C=O) groups is 2. The minimum atomic E-state index is -0.987. The molecule has 19 heavy (non-hydrogen) atoms. The van der Waals surface area contributed by atoms with E-state index in [4.69, 9.17) is 10.8 Å². The van der Waals surface area contributed by atoms with Gasteiger partial charge in [-0.25, -0.2) is 4.79 Å². The number of nitrogens with zero attached hydrogens (tertiary/aromatic N) is 3. The summed E-state index contributed by atoms with van der Waals surface area (Å²) in [6.07, 6.45) is 3.19. The van der Waals surface area contributed by atoms with Gasteiger partial charge in [-0.1, -0.05) is 0 Å². The van der Waals surface area contributed by atoms with E-state index >= 15 is 0 Å². The number of carboxylic acids is 1. The van der Waals surface area contributed by atoms with E-state index in [0.717, 1.165) is 5.75 Å². The minimum absolute atomic E-state index is 0.360. The van der Waals surface area contributed by atoms with Crippen LogP contribution in [0.3, 0.4) is 0 Å². The van der Waals surface area contributed by atoms with Crippen molar-refractivity contribution in [2.75, 3.05) is 18.1 Å². The second-order valence-corrected chi connectivity index (χ2v) is 5.54. The largest absolute Gasteiger partial charge is 0.480 e. The molecule has 2 heterocycles. The third kappa shape index (κ3) is 2.90. The fourth-order valence-electron chi connectivity index (χ4n) is 1.99. The lowest BCUT2D eigenvalue weighted by Crippen LogP contribution is -2.52. The Hall–Kier alpha value is -1.54. The number of thioether (sulfide) groups is 1. The Kier molecular flexibility index (Phi) is 4.11. The number of hydrogen-bond donors (Lipinski definition) is 2. The summed E-state index contributed by atoms with van der Waals surface area (Å²) >= 11 is 1.53. The molecule has 1 fully saturated rings. The van der Waals surface area contributed by atoms with Gasteiger partial charge in [0.15, 0.2) is 0 Å². The van der Waals surface area contributed by atoms with Gasteiger partial charge in [0.05, 0.1) is 6.20 Å². The molecule has 2 unspecified atom stereocenters. The van der Waals surface area contributed by atoms with E-state index in [1.807, 2.05) is 0 Å². The van der Waals surface area contributed by atoms with Crippen molar-refractivity contribution in [1.82, 2.24) is 14.7 Å². The summed E-state index contributed by atoms with van der Waals surface area (Å²) in [4.78, 5) is 24.8. The summed E-state index contributed by atoms with van der Waals surface area (Å²) in [7, 11) is 1.73. The molecule has 2 atom stereocenters. The second-order valence-electron chi connectivity index (χ2n) is 4.39. The molecule has 104 valence electrons. The van der Waals surface area contributed by atoms with Gasteiger partial charge in [-0.2, -0.15) is 16.9 Å². The maximum atomic E-state index is 12.3. The molecule has 2 rings (SSSR count). The number of aliphatic carboxylic acids is 1. The molecule has 1 amide bonds. The normalized spacial score (nSPS) is 21.2. The highest BCUT2D eigenvalue weighted by atomic mass is 32.2. The summed E-state index contributed by atoms with van der Waals surface area (Å²) < 4.78 is 1.56. The van der Waals surface area contributed by atoms with E-state index in [-0.39, 0.29) is 5.91 Å². The van der Waals surface area contributed by atoms with Crippen molar-refractivity contribution in [1.29, 1.82) is 0 Å². The number of aromatic nitrogens is 2. The number of amides is 1. The van der Waals surface area contributed by atoms with Crippen molar-refractivity contribution >= 4 is 23.6 Å². The van der Waals surface area contributed by atoms with Crippen LogP contribution in [0.2, 0.25) is 0 Å². The third-order valence-electron chi connectivity index (χ3n) is 3.05. The monoisotopic (exact) mass is 284 g/mol. The van der Waals surface area contributed by atoms with E-state index in [2.05, 4.69) is 5.10 Å². The smallest absolute Gasteiger partial charge is 0.327 e. The predicted octanol–water partition coefficient (Wildman–Crippen LogP) is -0.551. The quantitative estimate of drug-likeness (QED) is 0.772. The molecular formula is C11H16N4O3S. The van der Waals surface area contributed by atoms with Crippen molar-refractivity contribution in [2.24, 2.45) is 12.8 Å². The Morgan fingerprint density at radius 1 is 1.63 bits per heavy atom. The Morgan fingerprint density at radius 2 is 2.37 bits per heavy atom. The lowest BCUT2D eigenvalue weighted by Gasteiger charge is -2.34. The summed E-state index contributed by atoms with van der Waals surface area (Å²) in [5.41, 5.74) is 6.49. The Labute approximate surface area is 114 Å². The topological polar surface area (TPSA) is 101 Å². The van der Waals surface area contributed by atoms with Crippen LogP contribution in [0.25, 0.3) is 0 Å². The standard InChI is InChI=1S/C11H16N4O3S/c1-14-5-7(4-13-14)9(12)10(16)15-2-3-19-6-8(15)11(17)18/h4-5,8-9H,2-3,6,12H2,1H3,(H,17,18). The summed E-state index contributed by atoms with van der Waals surface area (Å²) in [5.74, 6) is -0.213. The molecule has 0 saturated carbocycles. The van der Waals surface area contributed by atoms with Crippen molar-refractivity contribution < 1.29 is 14.7 Å². The number of hydrogen-bond acceptors (Lipinski definition) is 5. The van der Waals surface area contributed by atoms with Crippen LogP contribution in [0.1, 0.15) is 11.6 Å². The van der Waals surface area contributed by atoms with Crippen LogP contribution in [-0.4, -0.2) is 55.8 Å². The fourth-order valence-corrected chi connectivity index (χ4v) is 3.03. The van der Waals surface area contributed by atoms with Gasteiger partial charge in [0.25, 0.3) is 0 Å². The van der Waals surface area contributed by atoms with Crippen LogP contribution in [0.5, 0.6) is 0 Å². The molecular weight excluding hydrogens is 268 g/mol. The van der Waals surface area contributed by atoms with Gasteiger partial charge in [0.2, 0.25) is 5.91 Å². The first kappa shape index (κ1) is 13.9. The number of aryl methyl sites for hydroxylation is 1. The zero-order valence-electron chi connectivity index (χ0n) is 10.5. The Morgan fingerprint density at radius 3 is 2.95 bits per heavy atom. The predicted molar refractivity (Wildman–Crippen MR) is 70.6 cm³/mol. The number of nitrogens with two attached hydrogens (primary N) is 1. The van der Waals surface area contributed by atoms with Gasteiger partial charge < -0.3 is 15.7 Å². The minimum Gasteiger partial charge on any atom is -0.480 e. The highest BCUT2D eigenvalue weighted by molar-refractivity contribution is 7.99. The molecule has 1 aromatic heterocycles. The third-order valence-corrected chi connectivity index (χ3v) is 4.07. The van der Waals surface area contributed by atoms with Gasteiger partial charge >= 0.3 is 5.97 Å². The molecule has 8 heteroatoms. The molecule has 1 saturated heterocycles. The van der Waals surface area contributed by atoms with Crippen molar-refractivity contribution in [3.63, 3.8) is 0 Å². The molecule has 0 aromatic carbocycles. The van der Waals surface area contributed by atoms with Crippen LogP contribution in [0.4, 0.5) is 0 Å². The molecule has 0 radical (unpaired) electrons. The number of carbonyl (C=O) groups excluding carboxylic acids is 1. The van der Waals surface area contributed by atoms with Crippen LogP contribution in [0, 0.1) is 0 Å². The first-order chi connectivity index (χ1) is 9.00. The van der Waals surface area contributed by atoms with Gasteiger partial charge in [-0.15, -0.1) is 0 Å². The lowest BCUT2D eigenvalue weighted by atomic mass is 10.1. The molecule has 1 aliphatic rings. The van der Waals surface area contributed by atoms with E-state index in [0.29, 0.717) is 17.9 Å². The van der Waals surface area contributed by atoms with Crippen LogP contribution in [0.15, 0.2) is 12.4 Å². The maximum absolute atomic E-state index is 12.3. The fraction of sp³-hybridized carbons (Fsp3) is 0.545.